The van der Waals surface area contributed by atoms with Crippen LogP contribution in [0.3, 0.4) is 0 Å². The van der Waals surface area contributed by atoms with Gasteiger partial charge in [-0.15, -0.1) is 0 Å². The van der Waals surface area contributed by atoms with E-state index in [1.165, 1.54) is 7.11 Å². The van der Waals surface area contributed by atoms with Crippen LogP contribution in [0.1, 0.15) is 78.6 Å². The molecule has 5 nitrogen and oxygen atoms in total. The fourth-order valence-corrected chi connectivity index (χ4v) is 5.75. The number of aliphatic hydroxyl groups is 1. The molecule has 2 aliphatic rings. The molecule has 2 rings (SSSR count). The van der Waals surface area contributed by atoms with Crippen LogP contribution in [-0.4, -0.2) is 51.4 Å². The summed E-state index contributed by atoms with van der Waals surface area (Å²) in [6, 6.07) is 0. The highest BCUT2D eigenvalue weighted by Crippen LogP contribution is 2.45. The van der Waals surface area contributed by atoms with E-state index >= 15 is 0 Å². The third-order valence-corrected chi connectivity index (χ3v) is 11.9. The second-order valence-corrected chi connectivity index (χ2v) is 15.4. The van der Waals surface area contributed by atoms with Gasteiger partial charge in [0.2, 0.25) is 0 Å². The van der Waals surface area contributed by atoms with Crippen molar-refractivity contribution in [3.63, 3.8) is 0 Å². The fraction of sp³-hybridized carbons (Fsp3) is 0.957. The molecule has 2 fully saturated rings. The first-order chi connectivity index (χ1) is 13.5. The molecular weight excluding hydrogens is 384 g/mol. The third kappa shape index (κ3) is 7.64. The molecule has 0 amide bonds. The summed E-state index contributed by atoms with van der Waals surface area (Å²) < 4.78 is 16.9. The van der Waals surface area contributed by atoms with Crippen molar-refractivity contribution in [3.05, 3.63) is 0 Å². The predicted molar refractivity (Wildman–Crippen MR) is 118 cm³/mol. The van der Waals surface area contributed by atoms with Crippen LogP contribution in [0, 0.1) is 11.8 Å². The van der Waals surface area contributed by atoms with Crippen molar-refractivity contribution in [1.29, 1.82) is 0 Å². The van der Waals surface area contributed by atoms with E-state index < -0.39 is 8.32 Å². The largest absolute Gasteiger partial charge is 0.469 e. The topological polar surface area (TPSA) is 68.3 Å². The highest BCUT2D eigenvalue weighted by Gasteiger charge is 2.47. The summed E-state index contributed by atoms with van der Waals surface area (Å²) in [4.78, 5) is 11.2. The number of rotatable bonds is 12. The van der Waals surface area contributed by atoms with Crippen LogP contribution in [0.5, 0.6) is 0 Å². The molecule has 1 saturated heterocycles. The monoisotopic (exact) mass is 428 g/mol. The summed E-state index contributed by atoms with van der Waals surface area (Å²) >= 11 is 0. The zero-order valence-electron chi connectivity index (χ0n) is 19.5. The van der Waals surface area contributed by atoms with Crippen LogP contribution in [0.4, 0.5) is 0 Å². The lowest BCUT2D eigenvalue weighted by atomic mass is 9.85. The maximum absolute atomic E-state index is 11.2. The van der Waals surface area contributed by atoms with Gasteiger partial charge in [0.15, 0.2) is 8.32 Å². The van der Waals surface area contributed by atoms with E-state index in [0.717, 1.165) is 58.0 Å². The zero-order chi connectivity index (χ0) is 21.7. The lowest BCUT2D eigenvalue weighted by Crippen LogP contribution is -2.45. The molecule has 0 aromatic carbocycles. The van der Waals surface area contributed by atoms with Crippen molar-refractivity contribution in [3.8, 4) is 0 Å². The Morgan fingerprint density at radius 2 is 1.72 bits per heavy atom. The van der Waals surface area contributed by atoms with Crippen molar-refractivity contribution < 1.29 is 23.8 Å². The Kier molecular flexibility index (Phi) is 9.20. The lowest BCUT2D eigenvalue weighted by Gasteiger charge is -2.40. The Hall–Kier alpha value is -0.433. The van der Waals surface area contributed by atoms with E-state index in [4.69, 9.17) is 13.9 Å². The van der Waals surface area contributed by atoms with Gasteiger partial charge in [0.25, 0.3) is 0 Å². The molecule has 1 aliphatic heterocycles. The van der Waals surface area contributed by atoms with Crippen LogP contribution in [0.25, 0.3) is 0 Å². The quantitative estimate of drug-likeness (QED) is 0.203. The highest BCUT2D eigenvalue weighted by molar-refractivity contribution is 6.74. The molecule has 0 bridgehead atoms. The van der Waals surface area contributed by atoms with Crippen molar-refractivity contribution in [2.75, 3.05) is 13.7 Å². The minimum absolute atomic E-state index is 0.121. The molecule has 0 radical (unpaired) electrons. The van der Waals surface area contributed by atoms with Crippen LogP contribution < -0.4 is 0 Å². The van der Waals surface area contributed by atoms with Crippen molar-refractivity contribution in [1.82, 2.24) is 0 Å². The van der Waals surface area contributed by atoms with Gasteiger partial charge in [0.05, 0.1) is 32.0 Å². The summed E-state index contributed by atoms with van der Waals surface area (Å²) in [5.74, 6) is 0.631. The molecule has 0 spiro atoms. The second-order valence-electron chi connectivity index (χ2n) is 10.6. The molecule has 0 aromatic rings. The maximum Gasteiger partial charge on any atom is 0.305 e. The first-order valence-electron chi connectivity index (χ1n) is 11.6. The number of epoxide rings is 1. The summed E-state index contributed by atoms with van der Waals surface area (Å²) in [7, 11) is -0.418. The Morgan fingerprint density at radius 1 is 1.07 bits per heavy atom. The Labute approximate surface area is 179 Å². The lowest BCUT2D eigenvalue weighted by molar-refractivity contribution is -0.140. The standard InChI is InChI=1S/C23H44O5Si/c1-23(2,3)29(5,6)28-21-15-20(24)18(19(21)14-13-17-16-27-17)11-9-7-8-10-12-22(25)26-4/h17-21,24H,7-16H2,1-6H3/t17-,18+,19+,20-,21+/m0/s1. The molecule has 1 saturated carbocycles. The molecule has 1 heterocycles. The molecule has 170 valence electrons. The summed E-state index contributed by atoms with van der Waals surface area (Å²) in [5.41, 5.74) is 0. The van der Waals surface area contributed by atoms with E-state index in [1.807, 2.05) is 0 Å². The van der Waals surface area contributed by atoms with Gasteiger partial charge in [-0.1, -0.05) is 40.0 Å². The molecule has 0 unspecified atom stereocenters. The van der Waals surface area contributed by atoms with E-state index in [0.29, 0.717) is 24.4 Å². The first kappa shape index (κ1) is 24.8. The average Bonchev–Trinajstić information content (AvgIpc) is 3.40. The highest BCUT2D eigenvalue weighted by atomic mass is 28.4. The Bertz CT molecular complexity index is 512. The number of carbonyl (C=O) groups excluding carboxylic acids is 1. The predicted octanol–water partition coefficient (Wildman–Crippen LogP) is 5.07. The maximum atomic E-state index is 11.2. The molecule has 0 aromatic heterocycles. The van der Waals surface area contributed by atoms with E-state index in [9.17, 15) is 9.90 Å². The molecule has 29 heavy (non-hydrogen) atoms. The average molecular weight is 429 g/mol. The van der Waals surface area contributed by atoms with Gasteiger partial charge in [-0.05, 0) is 62.1 Å². The van der Waals surface area contributed by atoms with Gasteiger partial charge in [0, 0.05) is 6.42 Å². The van der Waals surface area contributed by atoms with Gasteiger partial charge in [-0.3, -0.25) is 4.79 Å². The van der Waals surface area contributed by atoms with Crippen LogP contribution in [0.2, 0.25) is 18.1 Å². The van der Waals surface area contributed by atoms with E-state index in [-0.39, 0.29) is 23.2 Å². The number of ether oxygens (including phenoxy) is 2. The van der Waals surface area contributed by atoms with Crippen LogP contribution in [-0.2, 0) is 18.7 Å². The number of hydrogen-bond donors (Lipinski definition) is 1. The van der Waals surface area contributed by atoms with Gasteiger partial charge in [0.1, 0.15) is 0 Å². The van der Waals surface area contributed by atoms with E-state index in [1.54, 1.807) is 0 Å². The van der Waals surface area contributed by atoms with Gasteiger partial charge < -0.3 is 19.0 Å². The Morgan fingerprint density at radius 3 is 2.31 bits per heavy atom. The number of unbranched alkanes of at least 4 members (excludes halogenated alkanes) is 3. The van der Waals surface area contributed by atoms with Crippen molar-refractivity contribution in [2.45, 2.75) is 115 Å². The van der Waals surface area contributed by atoms with Gasteiger partial charge in [-0.2, -0.15) is 0 Å². The van der Waals surface area contributed by atoms with Crippen LogP contribution in [0.15, 0.2) is 0 Å². The summed E-state index contributed by atoms with van der Waals surface area (Å²) in [5, 5.41) is 11.0. The number of aliphatic hydroxyl groups excluding tert-OH is 1. The van der Waals surface area contributed by atoms with Crippen LogP contribution >= 0.6 is 0 Å². The number of esters is 1. The van der Waals surface area contributed by atoms with Crippen molar-refractivity contribution >= 4 is 14.3 Å². The zero-order valence-corrected chi connectivity index (χ0v) is 20.5. The minimum atomic E-state index is -1.86. The van der Waals surface area contributed by atoms with Gasteiger partial charge in [-0.25, -0.2) is 0 Å². The fourth-order valence-electron chi connectivity index (χ4n) is 4.36. The second kappa shape index (κ2) is 10.7. The molecule has 5 atom stereocenters. The van der Waals surface area contributed by atoms with E-state index in [2.05, 4.69) is 33.9 Å². The van der Waals surface area contributed by atoms with Gasteiger partial charge >= 0.3 is 5.97 Å². The minimum Gasteiger partial charge on any atom is -0.469 e. The normalized spacial score (nSPS) is 29.8. The number of methoxy groups -OCH3 is 1. The van der Waals surface area contributed by atoms with Crippen molar-refractivity contribution in [2.24, 2.45) is 11.8 Å². The first-order valence-corrected chi connectivity index (χ1v) is 14.5. The molecular formula is C23H44O5Si. The molecule has 6 heteroatoms. The number of carbonyl (C=O) groups is 1. The molecule has 1 N–H and O–H groups in total. The summed E-state index contributed by atoms with van der Waals surface area (Å²) in [6.45, 7) is 12.4. The molecule has 1 aliphatic carbocycles. The Balaban J connectivity index is 1.88. The summed E-state index contributed by atoms with van der Waals surface area (Å²) in [6.07, 6.45) is 9.00. The smallest absolute Gasteiger partial charge is 0.305 e. The SMILES string of the molecule is COC(=O)CCCCCC[C@@H]1[C@@H](CC[C@H]2CO2)[C@H](O[Si](C)(C)C(C)(C)C)C[C@@H]1O. The number of hydrogen-bond acceptors (Lipinski definition) is 5. The third-order valence-electron chi connectivity index (χ3n) is 7.37.